The average Bonchev–Trinajstić information content (AvgIpc) is 2.15. The lowest BCUT2D eigenvalue weighted by atomic mass is 9.87. The lowest BCUT2D eigenvalue weighted by Gasteiger charge is -2.33. The van der Waals surface area contributed by atoms with Crippen LogP contribution in [0.15, 0.2) is 22.7 Å². The Hall–Kier alpha value is -0.450. The van der Waals surface area contributed by atoms with E-state index in [9.17, 15) is 4.39 Å². The van der Waals surface area contributed by atoms with Gasteiger partial charge in [-0.25, -0.2) is 4.39 Å². The Kier molecular flexibility index (Phi) is 3.62. The summed E-state index contributed by atoms with van der Waals surface area (Å²) in [5.41, 5.74) is 6.80. The molecule has 0 spiro atoms. The Bertz CT molecular complexity index is 357. The molecule has 1 aliphatic heterocycles. The molecule has 2 N–H and O–H groups in total. The van der Waals surface area contributed by atoms with E-state index in [0.717, 1.165) is 29.5 Å². The van der Waals surface area contributed by atoms with Crippen molar-refractivity contribution >= 4 is 15.9 Å². The Morgan fingerprint density at radius 1 is 1.44 bits per heavy atom. The van der Waals surface area contributed by atoms with Gasteiger partial charge in [-0.2, -0.15) is 0 Å². The van der Waals surface area contributed by atoms with Crippen molar-refractivity contribution in [3.63, 3.8) is 0 Å². The van der Waals surface area contributed by atoms with Gasteiger partial charge in [0.1, 0.15) is 5.82 Å². The summed E-state index contributed by atoms with van der Waals surface area (Å²) in [7, 11) is 0. The molecule has 1 atom stereocenters. The highest BCUT2D eigenvalue weighted by Gasteiger charge is 2.28. The van der Waals surface area contributed by atoms with E-state index in [1.807, 2.05) is 6.07 Å². The zero-order valence-corrected chi connectivity index (χ0v) is 10.6. The maximum atomic E-state index is 13.2. The van der Waals surface area contributed by atoms with Crippen LogP contribution in [0.4, 0.5) is 4.39 Å². The fraction of sp³-hybridized carbons (Fsp3) is 0.500. The molecule has 1 aliphatic rings. The molecule has 1 fully saturated rings. The zero-order chi connectivity index (χ0) is 11.6. The number of hydrogen-bond donors (Lipinski definition) is 1. The van der Waals surface area contributed by atoms with Gasteiger partial charge in [0.25, 0.3) is 0 Å². The van der Waals surface area contributed by atoms with E-state index in [0.29, 0.717) is 13.0 Å². The van der Waals surface area contributed by atoms with Crippen molar-refractivity contribution in [3.8, 4) is 0 Å². The van der Waals surface area contributed by atoms with E-state index in [-0.39, 0.29) is 11.4 Å². The van der Waals surface area contributed by atoms with Gasteiger partial charge in [0, 0.05) is 16.6 Å². The first-order valence-corrected chi connectivity index (χ1v) is 6.18. The third-order valence-electron chi connectivity index (χ3n) is 2.83. The van der Waals surface area contributed by atoms with Gasteiger partial charge in [-0.15, -0.1) is 0 Å². The molecule has 0 amide bonds. The fourth-order valence-corrected chi connectivity index (χ4v) is 2.65. The summed E-state index contributed by atoms with van der Waals surface area (Å²) < 4.78 is 19.3. The van der Waals surface area contributed by atoms with Crippen molar-refractivity contribution in [2.45, 2.75) is 24.8 Å². The molecule has 0 saturated carbocycles. The van der Waals surface area contributed by atoms with Crippen LogP contribution in [-0.4, -0.2) is 18.8 Å². The molecular formula is C12H15BrFNO. The molecule has 4 heteroatoms. The monoisotopic (exact) mass is 287 g/mol. The first-order chi connectivity index (χ1) is 7.57. The first kappa shape index (κ1) is 12.0. The summed E-state index contributed by atoms with van der Waals surface area (Å²) in [4.78, 5) is 0. The molecular weight excluding hydrogens is 273 g/mol. The van der Waals surface area contributed by atoms with Gasteiger partial charge in [0.15, 0.2) is 0 Å². The van der Waals surface area contributed by atoms with Crippen LogP contribution in [0.25, 0.3) is 0 Å². The van der Waals surface area contributed by atoms with E-state index >= 15 is 0 Å². The summed E-state index contributed by atoms with van der Waals surface area (Å²) >= 11 is 3.28. The van der Waals surface area contributed by atoms with Gasteiger partial charge < -0.3 is 10.5 Å². The second kappa shape index (κ2) is 4.82. The van der Waals surface area contributed by atoms with E-state index in [1.165, 1.54) is 12.1 Å². The highest BCUT2D eigenvalue weighted by Crippen LogP contribution is 2.23. The maximum Gasteiger partial charge on any atom is 0.124 e. The summed E-state index contributed by atoms with van der Waals surface area (Å²) in [6, 6.07) is 4.89. The number of ether oxygens (including phenoxy) is 1. The SMILES string of the molecule is NC1(Cc2cc(F)cc(Br)c2)CCCOC1. The van der Waals surface area contributed by atoms with Crippen LogP contribution >= 0.6 is 15.9 Å². The van der Waals surface area contributed by atoms with E-state index in [1.54, 1.807) is 0 Å². The normalized spacial score (nSPS) is 25.7. The number of rotatable bonds is 2. The average molecular weight is 288 g/mol. The molecule has 2 rings (SSSR count). The topological polar surface area (TPSA) is 35.2 Å². The molecule has 1 saturated heterocycles. The second-order valence-corrected chi connectivity index (χ2v) is 5.39. The molecule has 1 aromatic carbocycles. The molecule has 0 aromatic heterocycles. The summed E-state index contributed by atoms with van der Waals surface area (Å²) in [5, 5.41) is 0. The van der Waals surface area contributed by atoms with Crippen LogP contribution < -0.4 is 5.73 Å². The van der Waals surface area contributed by atoms with Crippen LogP contribution in [0, 0.1) is 5.82 Å². The lowest BCUT2D eigenvalue weighted by Crippen LogP contribution is -2.49. The maximum absolute atomic E-state index is 13.2. The van der Waals surface area contributed by atoms with Crippen molar-refractivity contribution in [3.05, 3.63) is 34.1 Å². The van der Waals surface area contributed by atoms with Crippen molar-refractivity contribution in [2.24, 2.45) is 5.73 Å². The predicted octanol–water partition coefficient (Wildman–Crippen LogP) is 2.64. The van der Waals surface area contributed by atoms with Gasteiger partial charge in [-0.05, 0) is 43.0 Å². The van der Waals surface area contributed by atoms with Crippen molar-refractivity contribution in [1.82, 2.24) is 0 Å². The minimum atomic E-state index is -0.342. The van der Waals surface area contributed by atoms with Crippen LogP contribution in [0.5, 0.6) is 0 Å². The number of halogens is 2. The van der Waals surface area contributed by atoms with Crippen LogP contribution in [0.1, 0.15) is 18.4 Å². The van der Waals surface area contributed by atoms with E-state index in [2.05, 4.69) is 15.9 Å². The Labute approximate surface area is 103 Å². The molecule has 0 radical (unpaired) electrons. The molecule has 88 valence electrons. The minimum Gasteiger partial charge on any atom is -0.380 e. The Balaban J connectivity index is 2.13. The quantitative estimate of drug-likeness (QED) is 0.908. The van der Waals surface area contributed by atoms with Crippen molar-refractivity contribution < 1.29 is 9.13 Å². The van der Waals surface area contributed by atoms with Crippen LogP contribution in [-0.2, 0) is 11.2 Å². The van der Waals surface area contributed by atoms with E-state index < -0.39 is 0 Å². The standard InChI is InChI=1S/C12H15BrFNO/c13-10-4-9(5-11(14)6-10)7-12(15)2-1-3-16-8-12/h4-6H,1-3,7-8,15H2. The molecule has 16 heavy (non-hydrogen) atoms. The molecule has 1 unspecified atom stereocenters. The number of nitrogens with two attached hydrogens (primary N) is 1. The van der Waals surface area contributed by atoms with Gasteiger partial charge in [0.2, 0.25) is 0 Å². The molecule has 2 nitrogen and oxygen atoms in total. The smallest absolute Gasteiger partial charge is 0.124 e. The molecule has 0 aliphatic carbocycles. The largest absolute Gasteiger partial charge is 0.380 e. The Morgan fingerprint density at radius 3 is 2.88 bits per heavy atom. The third kappa shape index (κ3) is 3.03. The molecule has 0 bridgehead atoms. The predicted molar refractivity (Wildman–Crippen MR) is 64.8 cm³/mol. The molecule has 1 aromatic rings. The van der Waals surface area contributed by atoms with Gasteiger partial charge in [-0.3, -0.25) is 0 Å². The number of benzene rings is 1. The van der Waals surface area contributed by atoms with Crippen molar-refractivity contribution in [1.29, 1.82) is 0 Å². The fourth-order valence-electron chi connectivity index (χ4n) is 2.13. The summed E-state index contributed by atoms with van der Waals surface area (Å²) in [5.74, 6) is -0.232. The second-order valence-electron chi connectivity index (χ2n) is 4.47. The Morgan fingerprint density at radius 2 is 2.25 bits per heavy atom. The first-order valence-electron chi connectivity index (χ1n) is 5.39. The number of hydrogen-bond acceptors (Lipinski definition) is 2. The summed E-state index contributed by atoms with van der Waals surface area (Å²) in [6.07, 6.45) is 2.57. The van der Waals surface area contributed by atoms with Crippen LogP contribution in [0.2, 0.25) is 0 Å². The summed E-state index contributed by atoms with van der Waals surface area (Å²) in [6.45, 7) is 1.34. The molecule has 1 heterocycles. The van der Waals surface area contributed by atoms with Gasteiger partial charge >= 0.3 is 0 Å². The third-order valence-corrected chi connectivity index (χ3v) is 3.29. The van der Waals surface area contributed by atoms with Crippen LogP contribution in [0.3, 0.4) is 0 Å². The van der Waals surface area contributed by atoms with E-state index in [4.69, 9.17) is 10.5 Å². The highest BCUT2D eigenvalue weighted by atomic mass is 79.9. The lowest BCUT2D eigenvalue weighted by molar-refractivity contribution is 0.0382. The van der Waals surface area contributed by atoms with Crippen molar-refractivity contribution in [2.75, 3.05) is 13.2 Å². The highest BCUT2D eigenvalue weighted by molar-refractivity contribution is 9.10. The van der Waals surface area contributed by atoms with Gasteiger partial charge in [0.05, 0.1) is 6.61 Å². The minimum absolute atomic E-state index is 0.232. The van der Waals surface area contributed by atoms with Gasteiger partial charge in [-0.1, -0.05) is 15.9 Å². The zero-order valence-electron chi connectivity index (χ0n) is 9.01.